The molecule has 0 atom stereocenters. The highest BCUT2D eigenvalue weighted by molar-refractivity contribution is 7.89. The third kappa shape index (κ3) is 5.57. The summed E-state index contributed by atoms with van der Waals surface area (Å²) in [4.78, 5) is 28.7. The van der Waals surface area contributed by atoms with Gasteiger partial charge in [0.15, 0.2) is 5.76 Å². The minimum absolute atomic E-state index is 0.113. The Labute approximate surface area is 198 Å². The number of rotatable bonds is 6. The largest absolute Gasteiger partial charge is 0.459 e. The summed E-state index contributed by atoms with van der Waals surface area (Å²) < 4.78 is 32.5. The maximum Gasteiger partial charge on any atom is 0.289 e. The molecule has 3 heterocycles. The van der Waals surface area contributed by atoms with Gasteiger partial charge in [0.05, 0.1) is 28.4 Å². The first-order chi connectivity index (χ1) is 15.8. The van der Waals surface area contributed by atoms with E-state index in [0.717, 1.165) is 19.3 Å². The van der Waals surface area contributed by atoms with Crippen LogP contribution in [0.3, 0.4) is 0 Å². The van der Waals surface area contributed by atoms with E-state index >= 15 is 0 Å². The predicted octanol–water partition coefficient (Wildman–Crippen LogP) is 2.50. The van der Waals surface area contributed by atoms with Crippen LogP contribution in [0.1, 0.15) is 29.8 Å². The van der Waals surface area contributed by atoms with Crippen LogP contribution in [-0.2, 0) is 14.8 Å². The predicted molar refractivity (Wildman–Crippen MR) is 124 cm³/mol. The first-order valence-electron chi connectivity index (χ1n) is 11.0. The second-order valence-corrected chi connectivity index (χ2v) is 10.5. The zero-order valence-corrected chi connectivity index (χ0v) is 19.8. The maximum atomic E-state index is 12.9. The van der Waals surface area contributed by atoms with E-state index in [1.165, 1.54) is 28.8 Å². The smallest absolute Gasteiger partial charge is 0.289 e. The van der Waals surface area contributed by atoms with Crippen LogP contribution in [0.5, 0.6) is 0 Å². The lowest BCUT2D eigenvalue weighted by Crippen LogP contribution is -2.50. The van der Waals surface area contributed by atoms with Gasteiger partial charge in [-0.3, -0.25) is 14.5 Å². The minimum atomic E-state index is -3.63. The first kappa shape index (κ1) is 23.7. The summed E-state index contributed by atoms with van der Waals surface area (Å²) in [7, 11) is -3.63. The van der Waals surface area contributed by atoms with E-state index in [1.807, 2.05) is 4.90 Å². The van der Waals surface area contributed by atoms with Gasteiger partial charge < -0.3 is 14.6 Å². The standard InChI is InChI=1S/C22H27ClN4O5S/c23-18-7-6-17(33(30,31)27-8-2-1-3-9-27)15-19(18)24-21(28)16-25-10-12-26(13-11-25)22(29)20-5-4-14-32-20/h4-7,14-15H,1-3,8-13,16H2,(H,24,28). The van der Waals surface area contributed by atoms with Crippen molar-refractivity contribution in [3.8, 4) is 0 Å². The van der Waals surface area contributed by atoms with Crippen LogP contribution in [0, 0.1) is 0 Å². The molecule has 33 heavy (non-hydrogen) atoms. The Morgan fingerprint density at radius 1 is 1.00 bits per heavy atom. The lowest BCUT2D eigenvalue weighted by atomic mass is 10.2. The molecule has 11 heteroatoms. The van der Waals surface area contributed by atoms with E-state index < -0.39 is 10.0 Å². The van der Waals surface area contributed by atoms with Crippen LogP contribution in [0.15, 0.2) is 45.9 Å². The third-order valence-electron chi connectivity index (χ3n) is 5.92. The Bertz CT molecular complexity index is 1090. The van der Waals surface area contributed by atoms with E-state index in [0.29, 0.717) is 45.0 Å². The number of hydrogen-bond donors (Lipinski definition) is 1. The number of hydrogen-bond acceptors (Lipinski definition) is 6. The molecular weight excluding hydrogens is 468 g/mol. The number of piperidine rings is 1. The second kappa shape index (κ2) is 10.3. The molecule has 0 saturated carbocycles. The topological polar surface area (TPSA) is 103 Å². The van der Waals surface area contributed by atoms with Gasteiger partial charge >= 0.3 is 0 Å². The molecule has 2 aromatic rings. The van der Waals surface area contributed by atoms with Crippen molar-refractivity contribution in [3.63, 3.8) is 0 Å². The second-order valence-electron chi connectivity index (χ2n) is 8.20. The number of furan rings is 1. The zero-order chi connectivity index (χ0) is 23.4. The molecule has 178 valence electrons. The first-order valence-corrected chi connectivity index (χ1v) is 12.8. The fraction of sp³-hybridized carbons (Fsp3) is 0.455. The molecule has 2 aliphatic rings. The molecule has 0 bridgehead atoms. The summed E-state index contributed by atoms with van der Waals surface area (Å²) in [6.07, 6.45) is 4.18. The van der Waals surface area contributed by atoms with E-state index in [2.05, 4.69) is 5.32 Å². The fourth-order valence-electron chi connectivity index (χ4n) is 4.07. The van der Waals surface area contributed by atoms with E-state index in [9.17, 15) is 18.0 Å². The molecule has 4 rings (SSSR count). The van der Waals surface area contributed by atoms with Gasteiger partial charge in [-0.25, -0.2) is 8.42 Å². The van der Waals surface area contributed by atoms with Crippen molar-refractivity contribution in [2.24, 2.45) is 0 Å². The Balaban J connectivity index is 1.34. The number of nitrogens with zero attached hydrogens (tertiary/aromatic N) is 3. The van der Waals surface area contributed by atoms with Crippen LogP contribution in [0.25, 0.3) is 0 Å². The van der Waals surface area contributed by atoms with Crippen molar-refractivity contribution in [1.29, 1.82) is 0 Å². The van der Waals surface area contributed by atoms with E-state index in [-0.39, 0.29) is 34.0 Å². The van der Waals surface area contributed by atoms with Crippen molar-refractivity contribution in [2.75, 3.05) is 51.1 Å². The number of carbonyl (C=O) groups is 2. The molecule has 1 aromatic heterocycles. The average Bonchev–Trinajstić information content (AvgIpc) is 3.36. The number of piperazine rings is 1. The summed E-state index contributed by atoms with van der Waals surface area (Å²) in [5.74, 6) is -0.159. The van der Waals surface area contributed by atoms with Crippen LogP contribution < -0.4 is 5.32 Å². The monoisotopic (exact) mass is 494 g/mol. The average molecular weight is 495 g/mol. The molecule has 1 aromatic carbocycles. The molecule has 2 aliphatic heterocycles. The van der Waals surface area contributed by atoms with Crippen LogP contribution >= 0.6 is 11.6 Å². The van der Waals surface area contributed by atoms with Gasteiger partial charge in [-0.1, -0.05) is 18.0 Å². The molecule has 2 fully saturated rings. The number of halogens is 1. The minimum Gasteiger partial charge on any atom is -0.459 e. The lowest BCUT2D eigenvalue weighted by Gasteiger charge is -2.33. The molecular formula is C22H27ClN4O5S. The summed E-state index contributed by atoms with van der Waals surface area (Å²) in [6.45, 7) is 3.16. The summed E-state index contributed by atoms with van der Waals surface area (Å²) in [6, 6.07) is 7.69. The molecule has 1 N–H and O–H groups in total. The van der Waals surface area contributed by atoms with Crippen LogP contribution in [0.2, 0.25) is 5.02 Å². The molecule has 0 radical (unpaired) electrons. The van der Waals surface area contributed by atoms with Crippen molar-refractivity contribution < 1.29 is 22.4 Å². The molecule has 0 spiro atoms. The van der Waals surface area contributed by atoms with E-state index in [4.69, 9.17) is 16.0 Å². The molecule has 2 saturated heterocycles. The maximum absolute atomic E-state index is 12.9. The number of nitrogens with one attached hydrogen (secondary N) is 1. The Kier molecular flexibility index (Phi) is 7.38. The normalized spacial score (nSPS) is 18.3. The summed E-state index contributed by atoms with van der Waals surface area (Å²) >= 11 is 6.23. The summed E-state index contributed by atoms with van der Waals surface area (Å²) in [5.41, 5.74) is 0.270. The number of carbonyl (C=O) groups excluding carboxylic acids is 2. The Morgan fingerprint density at radius 2 is 1.73 bits per heavy atom. The zero-order valence-electron chi connectivity index (χ0n) is 18.2. The van der Waals surface area contributed by atoms with Gasteiger partial charge in [0.2, 0.25) is 15.9 Å². The van der Waals surface area contributed by atoms with Gasteiger partial charge in [0.1, 0.15) is 0 Å². The van der Waals surface area contributed by atoms with Gasteiger partial charge in [0.25, 0.3) is 5.91 Å². The van der Waals surface area contributed by atoms with Crippen molar-refractivity contribution in [3.05, 3.63) is 47.4 Å². The Hall–Kier alpha value is -2.40. The van der Waals surface area contributed by atoms with Crippen LogP contribution in [0.4, 0.5) is 5.69 Å². The van der Waals surface area contributed by atoms with Gasteiger partial charge in [-0.05, 0) is 43.2 Å². The number of benzene rings is 1. The van der Waals surface area contributed by atoms with Gasteiger partial charge in [-0.15, -0.1) is 0 Å². The van der Waals surface area contributed by atoms with E-state index in [1.54, 1.807) is 17.0 Å². The Morgan fingerprint density at radius 3 is 2.39 bits per heavy atom. The fourth-order valence-corrected chi connectivity index (χ4v) is 5.78. The molecule has 0 unspecified atom stereocenters. The lowest BCUT2D eigenvalue weighted by molar-refractivity contribution is -0.117. The van der Waals surface area contributed by atoms with Gasteiger partial charge in [-0.2, -0.15) is 4.31 Å². The molecule has 9 nitrogen and oxygen atoms in total. The number of anilines is 1. The number of sulfonamides is 1. The van der Waals surface area contributed by atoms with Crippen molar-refractivity contribution in [1.82, 2.24) is 14.1 Å². The summed E-state index contributed by atoms with van der Waals surface area (Å²) in [5, 5.41) is 3.01. The van der Waals surface area contributed by atoms with Crippen molar-refractivity contribution in [2.45, 2.75) is 24.2 Å². The van der Waals surface area contributed by atoms with Crippen LogP contribution in [-0.4, -0.2) is 80.2 Å². The number of amides is 2. The third-order valence-corrected chi connectivity index (χ3v) is 8.15. The quantitative estimate of drug-likeness (QED) is 0.661. The highest BCUT2D eigenvalue weighted by Gasteiger charge is 2.27. The highest BCUT2D eigenvalue weighted by Crippen LogP contribution is 2.28. The SMILES string of the molecule is O=C(CN1CCN(C(=O)c2ccco2)CC1)Nc1cc(S(=O)(=O)N2CCCCC2)ccc1Cl. The van der Waals surface area contributed by atoms with Crippen molar-refractivity contribution >= 4 is 39.1 Å². The highest BCUT2D eigenvalue weighted by atomic mass is 35.5. The molecule has 0 aliphatic carbocycles. The van der Waals surface area contributed by atoms with Gasteiger partial charge in [0, 0.05) is 39.3 Å². The molecule has 2 amide bonds.